The summed E-state index contributed by atoms with van der Waals surface area (Å²) in [6.07, 6.45) is -6.57. The second kappa shape index (κ2) is 6.17. The second-order valence-corrected chi connectivity index (χ2v) is 3.34. The van der Waals surface area contributed by atoms with Crippen molar-refractivity contribution in [1.82, 2.24) is 0 Å². The Hall–Kier alpha value is -2.12. The Labute approximate surface area is 105 Å². The molecule has 104 valence electrons. The van der Waals surface area contributed by atoms with Crippen molar-refractivity contribution < 1.29 is 31.9 Å². The lowest BCUT2D eigenvalue weighted by atomic mass is 10.1. The number of oxime groups is 1. The van der Waals surface area contributed by atoms with Crippen molar-refractivity contribution in [2.24, 2.45) is 5.16 Å². The maximum atomic E-state index is 12.7. The first kappa shape index (κ1) is 14.9. The van der Waals surface area contributed by atoms with E-state index in [0.29, 0.717) is 0 Å². The van der Waals surface area contributed by atoms with E-state index in [1.54, 1.807) is 0 Å². The van der Waals surface area contributed by atoms with Crippen molar-refractivity contribution in [2.75, 3.05) is 7.11 Å². The molecular weight excluding hydrogens is 270 g/mol. The Balaban J connectivity index is 2.87. The predicted molar refractivity (Wildman–Crippen MR) is 56.8 cm³/mol. The molecule has 0 aliphatic rings. The van der Waals surface area contributed by atoms with Gasteiger partial charge in [0.25, 0.3) is 0 Å². The predicted octanol–water partition coefficient (Wildman–Crippen LogP) is 2.60. The van der Waals surface area contributed by atoms with Crippen molar-refractivity contribution in [3.8, 4) is 0 Å². The molecule has 4 nitrogen and oxygen atoms in total. The van der Waals surface area contributed by atoms with Crippen LogP contribution in [0.15, 0.2) is 29.4 Å². The Bertz CT molecular complexity index is 456. The van der Waals surface area contributed by atoms with Gasteiger partial charge < -0.3 is 9.57 Å². The number of ether oxygens (including phenoxy) is 1. The van der Waals surface area contributed by atoms with Gasteiger partial charge in [-0.1, -0.05) is 17.3 Å². The van der Waals surface area contributed by atoms with Crippen molar-refractivity contribution in [2.45, 2.75) is 12.3 Å². The second-order valence-electron chi connectivity index (χ2n) is 3.34. The molecule has 1 atom stereocenters. The molecule has 0 aliphatic carbocycles. The van der Waals surface area contributed by atoms with Crippen molar-refractivity contribution in [3.63, 3.8) is 0 Å². The molecule has 0 bridgehead atoms. The lowest BCUT2D eigenvalue weighted by Crippen LogP contribution is -2.17. The fourth-order valence-electron chi connectivity index (χ4n) is 1.14. The van der Waals surface area contributed by atoms with E-state index in [1.807, 2.05) is 0 Å². The summed E-state index contributed by atoms with van der Waals surface area (Å²) in [5, 5.41) is 2.67. The standard InChI is InChI=1S/C11H9F4NO3/c1-18-10(17)9(19-16-6-11(13,14)15)7-2-4-8(12)5-3-7/h2-6,9H,1H3. The molecule has 1 rings (SSSR count). The van der Waals surface area contributed by atoms with E-state index in [-0.39, 0.29) is 5.56 Å². The third-order valence-corrected chi connectivity index (χ3v) is 1.95. The van der Waals surface area contributed by atoms with Crippen LogP contribution in [0.2, 0.25) is 0 Å². The van der Waals surface area contributed by atoms with Crippen molar-refractivity contribution >= 4 is 12.2 Å². The van der Waals surface area contributed by atoms with Gasteiger partial charge in [-0.15, -0.1) is 0 Å². The molecule has 0 saturated heterocycles. The largest absolute Gasteiger partial charge is 0.466 e. The zero-order valence-electron chi connectivity index (χ0n) is 9.65. The van der Waals surface area contributed by atoms with Crippen LogP contribution < -0.4 is 0 Å². The lowest BCUT2D eigenvalue weighted by molar-refractivity contribution is -0.155. The fourth-order valence-corrected chi connectivity index (χ4v) is 1.14. The summed E-state index contributed by atoms with van der Waals surface area (Å²) in [6.45, 7) is 0. The van der Waals surface area contributed by atoms with E-state index in [0.717, 1.165) is 19.2 Å². The average molecular weight is 279 g/mol. The molecule has 1 aromatic carbocycles. The summed E-state index contributed by atoms with van der Waals surface area (Å²) in [5.41, 5.74) is 0.118. The highest BCUT2D eigenvalue weighted by Gasteiger charge is 2.27. The number of methoxy groups -OCH3 is 1. The molecular formula is C11H9F4NO3. The Morgan fingerprint density at radius 1 is 1.32 bits per heavy atom. The first-order valence-corrected chi connectivity index (χ1v) is 4.94. The van der Waals surface area contributed by atoms with Crippen LogP contribution in [0.3, 0.4) is 0 Å². The monoisotopic (exact) mass is 279 g/mol. The molecule has 1 aromatic rings. The Morgan fingerprint density at radius 2 is 1.89 bits per heavy atom. The average Bonchev–Trinajstić information content (AvgIpc) is 2.34. The van der Waals surface area contributed by atoms with Gasteiger partial charge in [-0.05, 0) is 12.1 Å². The lowest BCUT2D eigenvalue weighted by Gasteiger charge is -2.12. The third-order valence-electron chi connectivity index (χ3n) is 1.95. The fraction of sp³-hybridized carbons (Fsp3) is 0.273. The number of carbonyl (C=O) groups is 1. The summed E-state index contributed by atoms with van der Waals surface area (Å²) in [6, 6.07) is 4.42. The van der Waals surface area contributed by atoms with Gasteiger partial charge in [0.05, 0.1) is 7.11 Å². The van der Waals surface area contributed by atoms with Crippen LogP contribution in [0.1, 0.15) is 11.7 Å². The van der Waals surface area contributed by atoms with Gasteiger partial charge in [0, 0.05) is 5.56 Å². The number of carbonyl (C=O) groups excluding carboxylic acids is 1. The van der Waals surface area contributed by atoms with E-state index < -0.39 is 30.3 Å². The van der Waals surface area contributed by atoms with Crippen LogP contribution in [-0.2, 0) is 14.4 Å². The van der Waals surface area contributed by atoms with E-state index in [9.17, 15) is 22.4 Å². The minimum absolute atomic E-state index is 0.118. The summed E-state index contributed by atoms with van der Waals surface area (Å²) >= 11 is 0. The number of benzene rings is 1. The topological polar surface area (TPSA) is 47.9 Å². The van der Waals surface area contributed by atoms with Crippen LogP contribution in [0.4, 0.5) is 17.6 Å². The summed E-state index contributed by atoms with van der Waals surface area (Å²) in [7, 11) is 1.04. The highest BCUT2D eigenvalue weighted by atomic mass is 19.4. The molecule has 0 spiro atoms. The number of rotatable bonds is 4. The first-order valence-electron chi connectivity index (χ1n) is 4.94. The number of halogens is 4. The normalized spacial score (nSPS) is 13.3. The zero-order valence-corrected chi connectivity index (χ0v) is 9.65. The number of nitrogens with zero attached hydrogens (tertiary/aromatic N) is 1. The SMILES string of the molecule is COC(=O)C(ON=CC(F)(F)F)c1ccc(F)cc1. The number of hydrogen-bond acceptors (Lipinski definition) is 4. The molecule has 0 aromatic heterocycles. The van der Waals surface area contributed by atoms with E-state index in [4.69, 9.17) is 0 Å². The Kier molecular flexibility index (Phi) is 4.85. The molecule has 0 N–H and O–H groups in total. The summed E-state index contributed by atoms with van der Waals surface area (Å²) < 4.78 is 52.6. The molecule has 19 heavy (non-hydrogen) atoms. The van der Waals surface area contributed by atoms with Gasteiger partial charge in [-0.25, -0.2) is 9.18 Å². The van der Waals surface area contributed by atoms with Crippen molar-refractivity contribution in [3.05, 3.63) is 35.6 Å². The van der Waals surface area contributed by atoms with Gasteiger partial charge in [0.2, 0.25) is 6.10 Å². The molecule has 0 amide bonds. The van der Waals surface area contributed by atoms with Crippen molar-refractivity contribution in [1.29, 1.82) is 0 Å². The number of hydrogen-bond donors (Lipinski definition) is 0. The molecule has 0 heterocycles. The molecule has 0 saturated carbocycles. The third kappa shape index (κ3) is 4.94. The summed E-state index contributed by atoms with van der Waals surface area (Å²) in [5.74, 6) is -1.52. The van der Waals surface area contributed by atoms with Gasteiger partial charge in [-0.2, -0.15) is 13.2 Å². The van der Waals surface area contributed by atoms with Gasteiger partial charge >= 0.3 is 12.1 Å². The van der Waals surface area contributed by atoms with Crippen LogP contribution in [0.5, 0.6) is 0 Å². The number of alkyl halides is 3. The van der Waals surface area contributed by atoms with Crippen LogP contribution >= 0.6 is 0 Å². The highest BCUT2D eigenvalue weighted by molar-refractivity contribution is 5.76. The quantitative estimate of drug-likeness (QED) is 0.368. The Morgan fingerprint density at radius 3 is 2.37 bits per heavy atom. The van der Waals surface area contributed by atoms with E-state index in [2.05, 4.69) is 14.7 Å². The molecule has 0 radical (unpaired) electrons. The van der Waals surface area contributed by atoms with Gasteiger partial charge in [-0.3, -0.25) is 0 Å². The first-order chi connectivity index (χ1) is 8.83. The molecule has 8 heteroatoms. The van der Waals surface area contributed by atoms with Crippen LogP contribution in [0, 0.1) is 5.82 Å². The molecule has 0 fully saturated rings. The minimum atomic E-state index is -4.66. The van der Waals surface area contributed by atoms with E-state index in [1.165, 1.54) is 12.1 Å². The maximum absolute atomic E-state index is 12.7. The maximum Gasteiger partial charge on any atom is 0.429 e. The van der Waals surface area contributed by atoms with Crippen LogP contribution in [-0.4, -0.2) is 25.5 Å². The zero-order chi connectivity index (χ0) is 14.5. The number of esters is 1. The molecule has 1 unspecified atom stereocenters. The molecule has 0 aliphatic heterocycles. The van der Waals surface area contributed by atoms with Gasteiger partial charge in [0.15, 0.2) is 0 Å². The minimum Gasteiger partial charge on any atom is -0.466 e. The van der Waals surface area contributed by atoms with E-state index >= 15 is 0 Å². The highest BCUT2D eigenvalue weighted by Crippen LogP contribution is 2.20. The van der Waals surface area contributed by atoms with Crippen LogP contribution in [0.25, 0.3) is 0 Å². The van der Waals surface area contributed by atoms with Gasteiger partial charge in [0.1, 0.15) is 12.0 Å². The smallest absolute Gasteiger partial charge is 0.429 e. The summed E-state index contributed by atoms with van der Waals surface area (Å²) in [4.78, 5) is 15.8.